The van der Waals surface area contributed by atoms with Crippen molar-refractivity contribution in [3.63, 3.8) is 0 Å². The van der Waals surface area contributed by atoms with Gasteiger partial charge in [0.25, 0.3) is 0 Å². The molecule has 60 heavy (non-hydrogen) atoms. The Morgan fingerprint density at radius 1 is 0.500 bits per heavy atom. The van der Waals surface area contributed by atoms with Gasteiger partial charge in [-0.3, -0.25) is 9.59 Å². The van der Waals surface area contributed by atoms with E-state index in [-0.39, 0.29) is 42.7 Å². The molecule has 0 fully saturated rings. The zero-order chi connectivity index (χ0) is 44.2. The summed E-state index contributed by atoms with van der Waals surface area (Å²) in [5, 5.41) is 9.63. The highest BCUT2D eigenvalue weighted by atomic mass is 16.6. The lowest BCUT2D eigenvalue weighted by molar-refractivity contribution is -0.887. The first kappa shape index (κ1) is 57.3. The minimum Gasteiger partial charge on any atom is -0.477 e. The Balaban J connectivity index is 4.27. The van der Waals surface area contributed by atoms with Gasteiger partial charge < -0.3 is 23.8 Å². The topological polar surface area (TPSA) is 99.1 Å². The van der Waals surface area contributed by atoms with Crippen molar-refractivity contribution in [2.75, 3.05) is 41.0 Å². The van der Waals surface area contributed by atoms with Gasteiger partial charge in [0.15, 0.2) is 12.1 Å². The zero-order valence-corrected chi connectivity index (χ0v) is 39.7. The van der Waals surface area contributed by atoms with Crippen molar-refractivity contribution < 1.29 is 38.2 Å². The Morgan fingerprint density at radius 3 is 1.35 bits per heavy atom. The number of nitrogens with zero attached hydrogens (tertiary/aromatic N) is 1. The Hall–Kier alpha value is -2.71. The van der Waals surface area contributed by atoms with E-state index in [0.29, 0.717) is 19.3 Å². The fourth-order valence-corrected chi connectivity index (χ4v) is 7.12. The van der Waals surface area contributed by atoms with Crippen LogP contribution in [0.1, 0.15) is 213 Å². The summed E-state index contributed by atoms with van der Waals surface area (Å²) in [6.07, 6.45) is 51.8. The number of quaternary nitrogens is 1. The van der Waals surface area contributed by atoms with Crippen molar-refractivity contribution >= 4 is 17.9 Å². The van der Waals surface area contributed by atoms with E-state index in [1.165, 1.54) is 128 Å². The molecule has 348 valence electrons. The maximum atomic E-state index is 12.7. The van der Waals surface area contributed by atoms with Crippen LogP contribution in [0.15, 0.2) is 48.6 Å². The minimum absolute atomic E-state index is 0.0357. The molecule has 8 nitrogen and oxygen atoms in total. The molecule has 0 aromatic carbocycles. The van der Waals surface area contributed by atoms with Crippen LogP contribution in [-0.4, -0.2) is 80.6 Å². The van der Waals surface area contributed by atoms with E-state index in [2.05, 4.69) is 56.4 Å². The number of carbonyl (C=O) groups is 3. The monoisotopic (exact) mass is 845 g/mol. The number of carboxylic acid groups (broad SMARTS) is 1. The van der Waals surface area contributed by atoms with Gasteiger partial charge in [-0.25, -0.2) is 4.79 Å². The van der Waals surface area contributed by atoms with E-state index < -0.39 is 18.1 Å². The SMILES string of the molecule is CCCCCCCC/C=C/C/C=C/CCC(=O)OC(COCCC(C(=O)O)[N+](C)(C)C)COC(=O)CCCCCCCCC/C=C/C/C=C/CCCCCCCCCCC. The summed E-state index contributed by atoms with van der Waals surface area (Å²) in [5.41, 5.74) is 0. The summed E-state index contributed by atoms with van der Waals surface area (Å²) in [7, 11) is 5.51. The lowest BCUT2D eigenvalue weighted by Gasteiger charge is -2.31. The molecule has 0 bridgehead atoms. The second-order valence-electron chi connectivity index (χ2n) is 17.7. The minimum atomic E-state index is -0.884. The van der Waals surface area contributed by atoms with Crippen LogP contribution in [-0.2, 0) is 28.6 Å². The van der Waals surface area contributed by atoms with Crippen LogP contribution in [0.3, 0.4) is 0 Å². The van der Waals surface area contributed by atoms with Crippen molar-refractivity contribution in [3.8, 4) is 0 Å². The van der Waals surface area contributed by atoms with Crippen molar-refractivity contribution in [1.82, 2.24) is 0 Å². The van der Waals surface area contributed by atoms with Crippen LogP contribution in [0.25, 0.3) is 0 Å². The molecule has 0 radical (unpaired) electrons. The van der Waals surface area contributed by atoms with Gasteiger partial charge in [0.05, 0.1) is 34.4 Å². The first-order valence-electron chi connectivity index (χ1n) is 24.7. The molecule has 0 amide bonds. The maximum Gasteiger partial charge on any atom is 0.362 e. The third kappa shape index (κ3) is 40.7. The average molecular weight is 845 g/mol. The first-order chi connectivity index (χ1) is 29.1. The van der Waals surface area contributed by atoms with Crippen LogP contribution < -0.4 is 0 Å². The summed E-state index contributed by atoms with van der Waals surface area (Å²) < 4.78 is 17.2. The van der Waals surface area contributed by atoms with Gasteiger partial charge in [-0.1, -0.05) is 178 Å². The molecule has 0 rings (SSSR count). The quantitative estimate of drug-likeness (QED) is 0.0282. The lowest BCUT2D eigenvalue weighted by Crippen LogP contribution is -2.50. The van der Waals surface area contributed by atoms with Crippen LogP contribution in [0.2, 0.25) is 0 Å². The molecule has 8 heteroatoms. The highest BCUT2D eigenvalue weighted by Crippen LogP contribution is 2.14. The summed E-state index contributed by atoms with van der Waals surface area (Å²) in [4.78, 5) is 37.0. The number of carboxylic acids is 1. The Morgan fingerprint density at radius 2 is 0.917 bits per heavy atom. The van der Waals surface area contributed by atoms with Gasteiger partial charge in [-0.2, -0.15) is 0 Å². The van der Waals surface area contributed by atoms with Crippen molar-refractivity contribution in [2.45, 2.75) is 225 Å². The summed E-state index contributed by atoms with van der Waals surface area (Å²) in [5.74, 6) is -1.56. The molecule has 0 saturated carbocycles. The number of unbranched alkanes of at least 4 members (excludes halogenated alkanes) is 22. The second kappa shape index (κ2) is 43.0. The normalized spacial score (nSPS) is 13.3. The molecule has 1 N–H and O–H groups in total. The van der Waals surface area contributed by atoms with Crippen LogP contribution in [0, 0.1) is 0 Å². The molecular weight excluding hydrogens is 751 g/mol. The first-order valence-corrected chi connectivity index (χ1v) is 24.7. The third-order valence-corrected chi connectivity index (χ3v) is 11.0. The standard InChI is InChI=1S/C52H93NO7/c1-6-8-10-12-14-16-18-20-21-22-23-24-25-26-27-28-29-31-32-34-36-38-40-42-50(54)59-47-48(46-58-45-44-49(52(56)57)53(3,4)5)60-51(55)43-41-39-37-35-33-30-19-17-15-13-11-9-7-2/h23-24,26-27,30,33,37,39,48-49H,6-22,25,28-29,31-32,34-36,38,40-47H2,1-5H3/p+1/b24-23+,27-26+,33-30+,39-37+. The summed E-state index contributed by atoms with van der Waals surface area (Å²) in [6.45, 7) is 4.67. The van der Waals surface area contributed by atoms with E-state index in [1.54, 1.807) is 0 Å². The predicted molar refractivity (Wildman–Crippen MR) is 252 cm³/mol. The van der Waals surface area contributed by atoms with Crippen molar-refractivity contribution in [2.24, 2.45) is 0 Å². The molecule has 0 aliphatic heterocycles. The Labute approximate surface area is 369 Å². The average Bonchev–Trinajstić information content (AvgIpc) is 3.21. The van der Waals surface area contributed by atoms with E-state index in [9.17, 15) is 19.5 Å². The van der Waals surface area contributed by atoms with Gasteiger partial charge in [0, 0.05) is 19.3 Å². The number of esters is 2. The predicted octanol–water partition coefficient (Wildman–Crippen LogP) is 14.0. The molecule has 0 aliphatic rings. The van der Waals surface area contributed by atoms with Gasteiger partial charge in [0.2, 0.25) is 0 Å². The largest absolute Gasteiger partial charge is 0.477 e. The number of rotatable bonds is 44. The fourth-order valence-electron chi connectivity index (χ4n) is 7.12. The number of ether oxygens (including phenoxy) is 3. The molecule has 0 aromatic heterocycles. The number of likely N-dealkylation sites (N-methyl/N-ethyl adjacent to an activating group) is 1. The summed E-state index contributed by atoms with van der Waals surface area (Å²) >= 11 is 0. The number of hydrogen-bond acceptors (Lipinski definition) is 6. The van der Waals surface area contributed by atoms with E-state index >= 15 is 0 Å². The highest BCUT2D eigenvalue weighted by Gasteiger charge is 2.31. The molecule has 0 saturated heterocycles. The van der Waals surface area contributed by atoms with Crippen LogP contribution in [0.5, 0.6) is 0 Å². The van der Waals surface area contributed by atoms with Crippen molar-refractivity contribution in [3.05, 3.63) is 48.6 Å². The third-order valence-electron chi connectivity index (χ3n) is 11.0. The molecule has 0 aromatic rings. The smallest absolute Gasteiger partial charge is 0.362 e. The number of aliphatic carboxylic acids is 1. The van der Waals surface area contributed by atoms with Gasteiger partial charge in [-0.05, 0) is 64.2 Å². The van der Waals surface area contributed by atoms with Gasteiger partial charge in [-0.15, -0.1) is 0 Å². The molecule has 2 unspecified atom stereocenters. The van der Waals surface area contributed by atoms with E-state index in [0.717, 1.165) is 44.9 Å². The van der Waals surface area contributed by atoms with Crippen molar-refractivity contribution in [1.29, 1.82) is 0 Å². The molecule has 0 spiro atoms. The van der Waals surface area contributed by atoms with Crippen LogP contribution in [0.4, 0.5) is 0 Å². The Kier molecular flexibility index (Phi) is 41.0. The molecule has 0 aliphatic carbocycles. The molecule has 0 heterocycles. The number of allylic oxidation sites excluding steroid dienone is 8. The number of carbonyl (C=O) groups excluding carboxylic acids is 2. The Bertz CT molecular complexity index is 1120. The highest BCUT2D eigenvalue weighted by molar-refractivity contribution is 5.72. The maximum absolute atomic E-state index is 12.7. The van der Waals surface area contributed by atoms with Crippen LogP contribution >= 0.6 is 0 Å². The number of hydrogen-bond donors (Lipinski definition) is 1. The summed E-state index contributed by atoms with van der Waals surface area (Å²) in [6, 6.07) is -0.625. The van der Waals surface area contributed by atoms with Gasteiger partial charge >= 0.3 is 17.9 Å². The van der Waals surface area contributed by atoms with E-state index in [1.807, 2.05) is 27.2 Å². The van der Waals surface area contributed by atoms with Gasteiger partial charge in [0.1, 0.15) is 6.61 Å². The fraction of sp³-hybridized carbons (Fsp3) is 0.788. The second-order valence-corrected chi connectivity index (χ2v) is 17.7. The zero-order valence-electron chi connectivity index (χ0n) is 39.7. The lowest BCUT2D eigenvalue weighted by atomic mass is 10.1. The molecular formula is C52H94NO7+. The molecule has 2 atom stereocenters. The van der Waals surface area contributed by atoms with E-state index in [4.69, 9.17) is 14.2 Å².